The summed E-state index contributed by atoms with van der Waals surface area (Å²) >= 11 is 0. The minimum absolute atomic E-state index is 0.0251. The third kappa shape index (κ3) is 85.1. The van der Waals surface area contributed by atoms with Crippen molar-refractivity contribution in [1.82, 2.24) is 0 Å². The van der Waals surface area contributed by atoms with Crippen LogP contribution in [-0.2, 0) is 32.7 Å². The van der Waals surface area contributed by atoms with Crippen molar-refractivity contribution in [2.75, 3.05) is 47.5 Å². The van der Waals surface area contributed by atoms with E-state index in [0.717, 1.165) is 116 Å². The van der Waals surface area contributed by atoms with Gasteiger partial charge in [0.05, 0.1) is 27.7 Å². The Morgan fingerprint density at radius 1 is 0.314 bits per heavy atom. The summed E-state index contributed by atoms with van der Waals surface area (Å²) in [6.07, 6.45) is 119. The predicted molar refractivity (Wildman–Crippen MR) is 445 cm³/mol. The van der Waals surface area contributed by atoms with Crippen LogP contribution in [0.1, 0.15) is 386 Å². The molecular weight excluding hydrogens is 1280 g/mol. The van der Waals surface area contributed by atoms with Crippen molar-refractivity contribution in [2.45, 2.75) is 392 Å². The third-order valence-electron chi connectivity index (χ3n) is 18.7. The SMILES string of the molecule is CC/C=C\C/C=C\C/C=C\C/C=C\C/C=C\C/C=C\C/C=C\C/C=C\C/C=C\C/C=C\C/C=C\CCCCCCCCCC(=O)OC(COC(=O)CCCCCCCCCCCCCCCCCCCCCCCCCCCCCCCCCCCCCCC)COP(=O)(O)OCC[N+](C)(C)C. The second kappa shape index (κ2) is 81.2. The number of carbonyl (C=O) groups is 2. The van der Waals surface area contributed by atoms with Gasteiger partial charge in [-0.1, -0.05) is 411 Å². The third-order valence-corrected chi connectivity index (χ3v) is 19.7. The van der Waals surface area contributed by atoms with Gasteiger partial charge in [-0.2, -0.15) is 0 Å². The highest BCUT2D eigenvalue weighted by Crippen LogP contribution is 2.43. The summed E-state index contributed by atoms with van der Waals surface area (Å²) in [5.41, 5.74) is 0. The van der Waals surface area contributed by atoms with Crippen LogP contribution in [0, 0.1) is 0 Å². The first kappa shape index (κ1) is 98.2. The molecule has 0 saturated carbocycles. The molecule has 0 bridgehead atoms. The summed E-state index contributed by atoms with van der Waals surface area (Å²) in [5, 5.41) is 0. The number of likely N-dealkylation sites (N-methyl/N-ethyl adjacent to an activating group) is 1. The lowest BCUT2D eigenvalue weighted by Gasteiger charge is -2.24. The average Bonchev–Trinajstić information content (AvgIpc) is 0.916. The number of quaternary nitrogens is 1. The number of allylic oxidation sites excluding steroid dienone is 22. The lowest BCUT2D eigenvalue weighted by Crippen LogP contribution is -2.37. The molecule has 0 fully saturated rings. The van der Waals surface area contributed by atoms with Gasteiger partial charge in [-0.15, -0.1) is 0 Å². The molecule has 9 nitrogen and oxygen atoms in total. The van der Waals surface area contributed by atoms with Gasteiger partial charge in [0, 0.05) is 12.8 Å². The number of rotatable bonds is 79. The maximum Gasteiger partial charge on any atom is 0.472 e. The maximum atomic E-state index is 12.9. The lowest BCUT2D eigenvalue weighted by molar-refractivity contribution is -0.870. The number of carbonyl (C=O) groups excluding carboxylic acids is 2. The summed E-state index contributed by atoms with van der Waals surface area (Å²) in [6, 6.07) is 0. The molecule has 0 aliphatic heterocycles. The normalized spacial score (nSPS) is 13.7. The number of nitrogens with zero attached hydrogens (tertiary/aromatic N) is 1. The maximum absolute atomic E-state index is 12.9. The van der Waals surface area contributed by atoms with Gasteiger partial charge < -0.3 is 18.9 Å². The van der Waals surface area contributed by atoms with E-state index < -0.39 is 26.5 Å². The Morgan fingerprint density at radius 3 is 0.833 bits per heavy atom. The number of esters is 2. The summed E-state index contributed by atoms with van der Waals surface area (Å²) in [7, 11) is 1.47. The predicted octanol–water partition coefficient (Wildman–Crippen LogP) is 29.1. The molecule has 0 radical (unpaired) electrons. The fourth-order valence-electron chi connectivity index (χ4n) is 12.2. The van der Waals surface area contributed by atoms with Crippen LogP contribution >= 0.6 is 7.82 Å². The lowest BCUT2D eigenvalue weighted by atomic mass is 10.0. The minimum atomic E-state index is -4.41. The molecule has 0 aromatic carbocycles. The molecule has 0 spiro atoms. The van der Waals surface area contributed by atoms with Crippen LogP contribution in [0.5, 0.6) is 0 Å². The molecule has 1 N–H and O–H groups in total. The molecular formula is C92H163NO8P+. The Bertz CT molecular complexity index is 2190. The standard InChI is InChI=1S/C92H162NO8P/c1-6-8-10-12-14-16-18-20-22-24-26-28-30-32-34-36-38-40-42-44-45-46-47-49-51-53-55-57-59-61-63-65-67-69-71-73-75-77-79-81-83-85-92(95)101-90(89-100-102(96,97)99-87-86-93(3,4)5)88-98-91(94)84-82-80-78-76-74-72-70-68-66-64-62-60-58-56-54-52-50-48-43-41-39-37-35-33-31-29-27-25-23-21-19-17-15-13-11-9-7-2/h8,10,14,16,20,22,26,28,32,34,38,40,44-45,47,49,53,55,59,61,65,67,90H,6-7,9,11-13,15,17-19,21,23-25,27,29-31,33,35-37,39,41-43,46,48,50-52,54,56-58,60,62-64,66,68-89H2,1-5H3/p+1/b10-8-,16-14-,22-20-,28-26-,34-32-,40-38-,45-44-,49-47-,55-53-,61-59-,67-65-. The molecule has 10 heteroatoms. The molecule has 0 aliphatic carbocycles. The molecule has 0 heterocycles. The van der Waals surface area contributed by atoms with Crippen LogP contribution in [0.25, 0.3) is 0 Å². The highest BCUT2D eigenvalue weighted by Gasteiger charge is 2.27. The largest absolute Gasteiger partial charge is 0.472 e. The zero-order valence-electron chi connectivity index (χ0n) is 67.3. The van der Waals surface area contributed by atoms with Gasteiger partial charge in [-0.3, -0.25) is 18.6 Å². The first-order valence-electron chi connectivity index (χ1n) is 42.9. The van der Waals surface area contributed by atoms with Gasteiger partial charge >= 0.3 is 19.8 Å². The first-order valence-corrected chi connectivity index (χ1v) is 44.4. The Labute approximate surface area is 631 Å². The van der Waals surface area contributed by atoms with E-state index in [1.54, 1.807) is 0 Å². The molecule has 0 rings (SSSR count). The monoisotopic (exact) mass is 1440 g/mol. The van der Waals surface area contributed by atoms with Gasteiger partial charge in [-0.05, 0) is 96.3 Å². The number of phosphoric ester groups is 1. The van der Waals surface area contributed by atoms with E-state index in [4.69, 9.17) is 18.5 Å². The van der Waals surface area contributed by atoms with Crippen molar-refractivity contribution in [3.8, 4) is 0 Å². The summed E-state index contributed by atoms with van der Waals surface area (Å²) in [4.78, 5) is 36.0. The van der Waals surface area contributed by atoms with Crippen LogP contribution in [0.3, 0.4) is 0 Å². The van der Waals surface area contributed by atoms with Gasteiger partial charge in [0.1, 0.15) is 19.8 Å². The van der Waals surface area contributed by atoms with Gasteiger partial charge in [0.2, 0.25) is 0 Å². The Balaban J connectivity index is 3.99. The molecule has 588 valence electrons. The molecule has 0 aromatic heterocycles. The van der Waals surface area contributed by atoms with Crippen molar-refractivity contribution in [1.29, 1.82) is 0 Å². The smallest absolute Gasteiger partial charge is 0.462 e. The molecule has 2 unspecified atom stereocenters. The van der Waals surface area contributed by atoms with Crippen LogP contribution in [-0.4, -0.2) is 74.9 Å². The number of hydrogen-bond donors (Lipinski definition) is 1. The Morgan fingerprint density at radius 2 is 0.559 bits per heavy atom. The summed E-state index contributed by atoms with van der Waals surface area (Å²) < 4.78 is 34.8. The van der Waals surface area contributed by atoms with Gasteiger partial charge in [-0.25, -0.2) is 4.57 Å². The Hall–Kier alpha value is -3.85. The van der Waals surface area contributed by atoms with Crippen LogP contribution in [0.4, 0.5) is 0 Å². The molecule has 102 heavy (non-hydrogen) atoms. The highest BCUT2D eigenvalue weighted by molar-refractivity contribution is 7.47. The van der Waals surface area contributed by atoms with Crippen LogP contribution in [0.2, 0.25) is 0 Å². The van der Waals surface area contributed by atoms with Crippen LogP contribution < -0.4 is 0 Å². The van der Waals surface area contributed by atoms with Gasteiger partial charge in [0.25, 0.3) is 0 Å². The van der Waals surface area contributed by atoms with E-state index in [0.29, 0.717) is 17.4 Å². The zero-order valence-corrected chi connectivity index (χ0v) is 68.2. The first-order chi connectivity index (χ1) is 50.0. The minimum Gasteiger partial charge on any atom is -0.462 e. The number of phosphoric acid groups is 1. The number of unbranched alkanes of at least 4 members (excludes halogenated alkanes) is 43. The topological polar surface area (TPSA) is 108 Å². The molecule has 2 atom stereocenters. The van der Waals surface area contributed by atoms with Crippen LogP contribution in [0.15, 0.2) is 134 Å². The molecule has 0 aromatic rings. The van der Waals surface area contributed by atoms with E-state index in [1.165, 1.54) is 238 Å². The average molecular weight is 1440 g/mol. The second-order valence-electron chi connectivity index (χ2n) is 29.8. The van der Waals surface area contributed by atoms with E-state index in [2.05, 4.69) is 148 Å². The van der Waals surface area contributed by atoms with E-state index in [9.17, 15) is 19.0 Å². The molecule has 0 aliphatic rings. The number of ether oxygens (including phenoxy) is 2. The Kier molecular flexibility index (Phi) is 78.2. The second-order valence-corrected chi connectivity index (χ2v) is 31.3. The summed E-state index contributed by atoms with van der Waals surface area (Å²) in [6.45, 7) is 4.35. The van der Waals surface area contributed by atoms with Crippen molar-refractivity contribution in [3.63, 3.8) is 0 Å². The van der Waals surface area contributed by atoms with Crippen molar-refractivity contribution in [2.24, 2.45) is 0 Å². The van der Waals surface area contributed by atoms with Gasteiger partial charge in [0.15, 0.2) is 6.10 Å². The zero-order chi connectivity index (χ0) is 74.0. The summed E-state index contributed by atoms with van der Waals surface area (Å²) in [5.74, 6) is -0.802. The van der Waals surface area contributed by atoms with Crippen molar-refractivity contribution in [3.05, 3.63) is 134 Å². The van der Waals surface area contributed by atoms with E-state index in [-0.39, 0.29) is 32.0 Å². The molecule has 0 saturated heterocycles. The van der Waals surface area contributed by atoms with E-state index >= 15 is 0 Å². The fourth-order valence-corrected chi connectivity index (χ4v) is 12.9. The highest BCUT2D eigenvalue weighted by atomic mass is 31.2. The fraction of sp³-hybridized carbons (Fsp3) is 0.739. The molecule has 0 amide bonds. The van der Waals surface area contributed by atoms with E-state index in [1.807, 2.05) is 21.1 Å². The van der Waals surface area contributed by atoms with Crippen molar-refractivity contribution < 1.29 is 42.1 Å². The quantitative estimate of drug-likeness (QED) is 0.0211. The van der Waals surface area contributed by atoms with Crippen molar-refractivity contribution >= 4 is 19.8 Å². The number of hydrogen-bond acceptors (Lipinski definition) is 7.